The second kappa shape index (κ2) is 9.56. The minimum Gasteiger partial charge on any atom is -0.311 e. The molecule has 0 saturated heterocycles. The molecule has 172 valence electrons. The SMILES string of the molecule is Cc1ccc(N(c2ccc(-c3ccccc3)cc2)c2ccc(-c3cccc4ccccc34)cc2)cc1. The van der Waals surface area contributed by atoms with Crippen molar-refractivity contribution < 1.29 is 0 Å². The summed E-state index contributed by atoms with van der Waals surface area (Å²) in [5.74, 6) is 0. The summed E-state index contributed by atoms with van der Waals surface area (Å²) in [4.78, 5) is 2.32. The molecule has 0 aliphatic carbocycles. The predicted octanol–water partition coefficient (Wildman–Crippen LogP) is 9.95. The van der Waals surface area contributed by atoms with Gasteiger partial charge in [0.1, 0.15) is 0 Å². The van der Waals surface area contributed by atoms with Gasteiger partial charge < -0.3 is 4.90 Å². The molecule has 1 nitrogen and oxygen atoms in total. The molecule has 0 saturated carbocycles. The normalized spacial score (nSPS) is 10.9. The lowest BCUT2D eigenvalue weighted by molar-refractivity contribution is 1.28. The molecule has 0 unspecified atom stereocenters. The number of anilines is 3. The van der Waals surface area contributed by atoms with Gasteiger partial charge in [0.2, 0.25) is 0 Å². The van der Waals surface area contributed by atoms with Crippen molar-refractivity contribution in [3.05, 3.63) is 151 Å². The zero-order chi connectivity index (χ0) is 24.3. The minimum absolute atomic E-state index is 1.13. The Bertz CT molecular complexity index is 1590. The topological polar surface area (TPSA) is 3.24 Å². The molecule has 36 heavy (non-hydrogen) atoms. The van der Waals surface area contributed by atoms with Crippen molar-refractivity contribution in [2.75, 3.05) is 4.90 Å². The molecule has 6 aromatic carbocycles. The second-order valence-electron chi connectivity index (χ2n) is 9.16. The van der Waals surface area contributed by atoms with E-state index in [2.05, 4.69) is 157 Å². The van der Waals surface area contributed by atoms with Crippen molar-refractivity contribution in [3.8, 4) is 22.3 Å². The Morgan fingerprint density at radius 3 is 1.56 bits per heavy atom. The maximum atomic E-state index is 2.32. The molecule has 0 N–H and O–H groups in total. The van der Waals surface area contributed by atoms with Gasteiger partial charge in [0.15, 0.2) is 0 Å². The molecule has 0 heterocycles. The van der Waals surface area contributed by atoms with Crippen molar-refractivity contribution in [1.82, 2.24) is 0 Å². The highest BCUT2D eigenvalue weighted by Crippen LogP contribution is 2.37. The van der Waals surface area contributed by atoms with Crippen LogP contribution in [0.5, 0.6) is 0 Å². The van der Waals surface area contributed by atoms with Crippen LogP contribution in [0, 0.1) is 6.92 Å². The minimum atomic E-state index is 1.13. The van der Waals surface area contributed by atoms with Crippen molar-refractivity contribution >= 4 is 27.8 Å². The van der Waals surface area contributed by atoms with Crippen LogP contribution in [0.15, 0.2) is 146 Å². The summed E-state index contributed by atoms with van der Waals surface area (Å²) in [7, 11) is 0. The number of hydrogen-bond acceptors (Lipinski definition) is 1. The van der Waals surface area contributed by atoms with Gasteiger partial charge in [-0.25, -0.2) is 0 Å². The Balaban J connectivity index is 1.40. The van der Waals surface area contributed by atoms with Crippen LogP contribution in [0.4, 0.5) is 17.1 Å². The fourth-order valence-corrected chi connectivity index (χ4v) is 4.84. The molecule has 6 rings (SSSR count). The highest BCUT2D eigenvalue weighted by atomic mass is 15.1. The van der Waals surface area contributed by atoms with Crippen LogP contribution in [0.3, 0.4) is 0 Å². The highest BCUT2D eigenvalue weighted by Gasteiger charge is 2.13. The molecular formula is C35H27N. The quantitative estimate of drug-likeness (QED) is 0.247. The third-order valence-electron chi connectivity index (χ3n) is 6.75. The summed E-state index contributed by atoms with van der Waals surface area (Å²) in [6, 6.07) is 52.1. The number of fused-ring (bicyclic) bond motifs is 1. The van der Waals surface area contributed by atoms with Crippen molar-refractivity contribution in [1.29, 1.82) is 0 Å². The fraction of sp³-hybridized carbons (Fsp3) is 0.0286. The molecule has 6 aromatic rings. The number of rotatable bonds is 5. The van der Waals surface area contributed by atoms with E-state index in [4.69, 9.17) is 0 Å². The predicted molar refractivity (Wildman–Crippen MR) is 154 cm³/mol. The Morgan fingerprint density at radius 1 is 0.389 bits per heavy atom. The average Bonchev–Trinajstić information content (AvgIpc) is 2.95. The van der Waals surface area contributed by atoms with E-state index >= 15 is 0 Å². The van der Waals surface area contributed by atoms with E-state index < -0.39 is 0 Å². The van der Waals surface area contributed by atoms with Crippen LogP contribution in [0.1, 0.15) is 5.56 Å². The van der Waals surface area contributed by atoms with Crippen molar-refractivity contribution in [2.24, 2.45) is 0 Å². The monoisotopic (exact) mass is 461 g/mol. The summed E-state index contributed by atoms with van der Waals surface area (Å²) in [6.45, 7) is 2.13. The van der Waals surface area contributed by atoms with Gasteiger partial charge in [-0.1, -0.05) is 115 Å². The smallest absolute Gasteiger partial charge is 0.0462 e. The van der Waals surface area contributed by atoms with E-state index in [1.54, 1.807) is 0 Å². The summed E-state index contributed by atoms with van der Waals surface area (Å²) in [5.41, 5.74) is 9.59. The molecule has 0 spiro atoms. The maximum absolute atomic E-state index is 2.32. The van der Waals surface area contributed by atoms with E-state index in [1.165, 1.54) is 38.6 Å². The number of nitrogens with zero attached hydrogens (tertiary/aromatic N) is 1. The largest absolute Gasteiger partial charge is 0.311 e. The van der Waals surface area contributed by atoms with Gasteiger partial charge in [0.25, 0.3) is 0 Å². The van der Waals surface area contributed by atoms with Gasteiger partial charge in [0, 0.05) is 17.1 Å². The molecule has 0 aromatic heterocycles. The maximum Gasteiger partial charge on any atom is 0.0462 e. The zero-order valence-corrected chi connectivity index (χ0v) is 20.3. The number of aryl methyl sites for hydroxylation is 1. The molecule has 0 atom stereocenters. The first-order valence-electron chi connectivity index (χ1n) is 12.4. The van der Waals surface area contributed by atoms with Crippen LogP contribution in [0.2, 0.25) is 0 Å². The van der Waals surface area contributed by atoms with E-state index in [0.29, 0.717) is 0 Å². The molecule has 0 radical (unpaired) electrons. The first-order chi connectivity index (χ1) is 17.8. The van der Waals surface area contributed by atoms with Gasteiger partial charge in [-0.2, -0.15) is 0 Å². The lowest BCUT2D eigenvalue weighted by atomic mass is 9.98. The Morgan fingerprint density at radius 2 is 0.889 bits per heavy atom. The average molecular weight is 462 g/mol. The van der Waals surface area contributed by atoms with Gasteiger partial charge >= 0.3 is 0 Å². The van der Waals surface area contributed by atoms with Crippen molar-refractivity contribution in [3.63, 3.8) is 0 Å². The molecule has 0 aliphatic heterocycles. The molecular weight excluding hydrogens is 434 g/mol. The first-order valence-corrected chi connectivity index (χ1v) is 12.4. The number of benzene rings is 6. The fourth-order valence-electron chi connectivity index (χ4n) is 4.84. The third kappa shape index (κ3) is 4.28. The first kappa shape index (κ1) is 21.9. The highest BCUT2D eigenvalue weighted by molar-refractivity contribution is 5.97. The van der Waals surface area contributed by atoms with E-state index in [0.717, 1.165) is 17.1 Å². The summed E-state index contributed by atoms with van der Waals surface area (Å²) < 4.78 is 0. The van der Waals surface area contributed by atoms with Gasteiger partial charge in [0.05, 0.1) is 0 Å². The van der Waals surface area contributed by atoms with Crippen LogP contribution in [0.25, 0.3) is 33.0 Å². The van der Waals surface area contributed by atoms with E-state index in [1.807, 2.05) is 0 Å². The standard InChI is InChI=1S/C35H27N/c1-26-14-20-31(21-15-26)36(32-22-16-28(17-23-32)27-8-3-2-4-9-27)33-24-18-30(19-25-33)35-13-7-11-29-10-5-6-12-34(29)35/h2-25H,1H3. The molecule has 0 fully saturated rings. The van der Waals surface area contributed by atoms with Gasteiger partial charge in [-0.15, -0.1) is 0 Å². The molecule has 0 amide bonds. The van der Waals surface area contributed by atoms with Crippen LogP contribution < -0.4 is 4.90 Å². The molecule has 0 bridgehead atoms. The Kier molecular flexibility index (Phi) is 5.81. The van der Waals surface area contributed by atoms with Crippen LogP contribution in [-0.4, -0.2) is 0 Å². The summed E-state index contributed by atoms with van der Waals surface area (Å²) in [5, 5.41) is 2.54. The van der Waals surface area contributed by atoms with E-state index in [9.17, 15) is 0 Å². The van der Waals surface area contributed by atoms with Gasteiger partial charge in [-0.3, -0.25) is 0 Å². The number of hydrogen-bond donors (Lipinski definition) is 0. The van der Waals surface area contributed by atoms with Crippen LogP contribution >= 0.6 is 0 Å². The molecule has 1 heteroatoms. The summed E-state index contributed by atoms with van der Waals surface area (Å²) >= 11 is 0. The van der Waals surface area contributed by atoms with E-state index in [-0.39, 0.29) is 0 Å². The Labute approximate surface area is 212 Å². The molecule has 0 aliphatic rings. The zero-order valence-electron chi connectivity index (χ0n) is 20.3. The lowest BCUT2D eigenvalue weighted by Gasteiger charge is -2.26. The van der Waals surface area contributed by atoms with Crippen molar-refractivity contribution in [2.45, 2.75) is 6.92 Å². The van der Waals surface area contributed by atoms with Crippen LogP contribution in [-0.2, 0) is 0 Å². The Hall–Kier alpha value is -4.62. The summed E-state index contributed by atoms with van der Waals surface area (Å²) in [6.07, 6.45) is 0. The third-order valence-corrected chi connectivity index (χ3v) is 6.75. The van der Waals surface area contributed by atoms with Gasteiger partial charge in [-0.05, 0) is 76.3 Å². The second-order valence-corrected chi connectivity index (χ2v) is 9.16. The lowest BCUT2D eigenvalue weighted by Crippen LogP contribution is -2.09.